The van der Waals surface area contributed by atoms with Gasteiger partial charge in [-0.05, 0) is 62.9 Å². The van der Waals surface area contributed by atoms with Gasteiger partial charge in [0.2, 0.25) is 0 Å². The van der Waals surface area contributed by atoms with E-state index < -0.39 is 5.60 Å². The van der Waals surface area contributed by atoms with Gasteiger partial charge in [0.25, 0.3) is 0 Å². The standard InChI is InChI=1S/C24H23ClO3/c1-24(2,3)28-23(26)17-12-16(13-17)22(15-8-10-18(25)11-9-15)20-14-27-21-7-5-4-6-19(20)21/h4-11,14,17H,12-13H2,1-3H3. The summed E-state index contributed by atoms with van der Waals surface area (Å²) >= 11 is 6.09. The van der Waals surface area contributed by atoms with E-state index >= 15 is 0 Å². The molecule has 2 aromatic carbocycles. The molecule has 0 radical (unpaired) electrons. The van der Waals surface area contributed by atoms with Crippen molar-refractivity contribution in [2.24, 2.45) is 5.92 Å². The van der Waals surface area contributed by atoms with Gasteiger partial charge in [0.05, 0.1) is 12.2 Å². The predicted molar refractivity (Wildman–Crippen MR) is 112 cm³/mol. The molecule has 28 heavy (non-hydrogen) atoms. The Labute approximate surface area is 169 Å². The number of rotatable bonds is 3. The molecule has 4 rings (SSSR count). The second kappa shape index (κ2) is 7.14. The molecule has 0 atom stereocenters. The van der Waals surface area contributed by atoms with Gasteiger partial charge in [-0.2, -0.15) is 0 Å². The molecule has 1 aromatic heterocycles. The number of carbonyl (C=O) groups is 1. The number of para-hydroxylation sites is 1. The number of benzene rings is 2. The van der Waals surface area contributed by atoms with E-state index in [0.29, 0.717) is 17.9 Å². The first-order valence-corrected chi connectivity index (χ1v) is 9.87. The quantitative estimate of drug-likeness (QED) is 0.467. The van der Waals surface area contributed by atoms with Crippen LogP contribution in [0.2, 0.25) is 5.02 Å². The maximum absolute atomic E-state index is 12.4. The summed E-state index contributed by atoms with van der Waals surface area (Å²) in [5.74, 6) is -0.210. The lowest BCUT2D eigenvalue weighted by Gasteiger charge is -2.32. The molecule has 0 aliphatic heterocycles. The van der Waals surface area contributed by atoms with Crippen LogP contribution < -0.4 is 0 Å². The molecule has 0 amide bonds. The minimum absolute atomic E-state index is 0.0882. The van der Waals surface area contributed by atoms with Crippen LogP contribution in [0, 0.1) is 5.92 Å². The highest BCUT2D eigenvalue weighted by Crippen LogP contribution is 2.44. The molecule has 144 valence electrons. The third-order valence-electron chi connectivity index (χ3n) is 4.96. The predicted octanol–water partition coefficient (Wildman–Crippen LogP) is 6.64. The van der Waals surface area contributed by atoms with Crippen LogP contribution in [0.3, 0.4) is 0 Å². The smallest absolute Gasteiger partial charge is 0.310 e. The topological polar surface area (TPSA) is 39.4 Å². The van der Waals surface area contributed by atoms with Gasteiger partial charge in [-0.1, -0.05) is 47.5 Å². The van der Waals surface area contributed by atoms with Crippen molar-refractivity contribution in [2.45, 2.75) is 39.2 Å². The number of fused-ring (bicyclic) bond motifs is 1. The Kier molecular flexibility index (Phi) is 4.80. The molecule has 0 N–H and O–H groups in total. The van der Waals surface area contributed by atoms with Crippen molar-refractivity contribution < 1.29 is 13.9 Å². The van der Waals surface area contributed by atoms with Crippen LogP contribution in [0.5, 0.6) is 0 Å². The fraction of sp³-hybridized carbons (Fsp3) is 0.292. The number of carbonyl (C=O) groups excluding carboxylic acids is 1. The summed E-state index contributed by atoms with van der Waals surface area (Å²) in [6.07, 6.45) is 3.21. The van der Waals surface area contributed by atoms with Gasteiger partial charge in [0.1, 0.15) is 11.2 Å². The fourth-order valence-corrected chi connectivity index (χ4v) is 3.76. The van der Waals surface area contributed by atoms with Gasteiger partial charge in [-0.3, -0.25) is 4.79 Å². The van der Waals surface area contributed by atoms with Crippen molar-refractivity contribution in [3.05, 3.63) is 76.5 Å². The van der Waals surface area contributed by atoms with E-state index in [0.717, 1.165) is 27.7 Å². The molecule has 1 aliphatic rings. The normalized spacial score (nSPS) is 16.7. The molecule has 1 saturated carbocycles. The summed E-state index contributed by atoms with van der Waals surface area (Å²) in [7, 11) is 0. The summed E-state index contributed by atoms with van der Waals surface area (Å²) in [5, 5.41) is 1.77. The number of esters is 1. The van der Waals surface area contributed by atoms with Crippen LogP contribution >= 0.6 is 11.6 Å². The van der Waals surface area contributed by atoms with Crippen LogP contribution in [0.25, 0.3) is 16.5 Å². The van der Waals surface area contributed by atoms with Crippen LogP contribution in [0.1, 0.15) is 44.7 Å². The molecule has 1 heterocycles. The number of halogens is 1. The lowest BCUT2D eigenvalue weighted by Crippen LogP contribution is -2.33. The summed E-state index contributed by atoms with van der Waals surface area (Å²) in [6, 6.07) is 15.8. The summed E-state index contributed by atoms with van der Waals surface area (Å²) < 4.78 is 11.3. The van der Waals surface area contributed by atoms with Crippen LogP contribution in [-0.4, -0.2) is 11.6 Å². The number of ether oxygens (including phenoxy) is 1. The Morgan fingerprint density at radius 1 is 1.07 bits per heavy atom. The lowest BCUT2D eigenvalue weighted by molar-refractivity contribution is -0.161. The molecular weight excluding hydrogens is 372 g/mol. The molecule has 0 unspecified atom stereocenters. The van der Waals surface area contributed by atoms with Crippen LogP contribution in [-0.2, 0) is 9.53 Å². The minimum Gasteiger partial charge on any atom is -0.464 e. The maximum Gasteiger partial charge on any atom is 0.310 e. The van der Waals surface area contributed by atoms with Crippen molar-refractivity contribution in [1.82, 2.24) is 0 Å². The first kappa shape index (κ1) is 18.8. The second-order valence-electron chi connectivity index (χ2n) is 8.27. The van der Waals surface area contributed by atoms with E-state index in [9.17, 15) is 4.79 Å². The molecule has 0 saturated heterocycles. The fourth-order valence-electron chi connectivity index (χ4n) is 3.63. The van der Waals surface area contributed by atoms with Gasteiger partial charge in [-0.15, -0.1) is 0 Å². The highest BCUT2D eigenvalue weighted by Gasteiger charge is 2.36. The molecule has 3 aromatic rings. The maximum atomic E-state index is 12.4. The summed E-state index contributed by atoms with van der Waals surface area (Å²) in [6.45, 7) is 5.70. The van der Waals surface area contributed by atoms with Crippen molar-refractivity contribution >= 4 is 34.1 Å². The monoisotopic (exact) mass is 394 g/mol. The third kappa shape index (κ3) is 3.72. The number of hydrogen-bond acceptors (Lipinski definition) is 3. The lowest BCUT2D eigenvalue weighted by atomic mass is 9.74. The van der Waals surface area contributed by atoms with Crippen LogP contribution in [0.15, 0.2) is 64.8 Å². The van der Waals surface area contributed by atoms with E-state index in [4.69, 9.17) is 20.8 Å². The highest BCUT2D eigenvalue weighted by atomic mass is 35.5. The highest BCUT2D eigenvalue weighted by molar-refractivity contribution is 6.30. The van der Waals surface area contributed by atoms with Gasteiger partial charge >= 0.3 is 5.97 Å². The molecule has 4 heteroatoms. The van der Waals surface area contributed by atoms with Crippen molar-refractivity contribution in [3.8, 4) is 0 Å². The largest absolute Gasteiger partial charge is 0.464 e. The van der Waals surface area contributed by atoms with E-state index in [2.05, 4.69) is 6.07 Å². The van der Waals surface area contributed by atoms with Gasteiger partial charge < -0.3 is 9.15 Å². The van der Waals surface area contributed by atoms with E-state index in [1.165, 1.54) is 5.57 Å². The summed E-state index contributed by atoms with van der Waals surface area (Å²) in [5.41, 5.74) is 4.89. The second-order valence-corrected chi connectivity index (χ2v) is 8.71. The van der Waals surface area contributed by atoms with Gasteiger partial charge in [0, 0.05) is 16.0 Å². The molecule has 0 spiro atoms. The van der Waals surface area contributed by atoms with Crippen molar-refractivity contribution in [3.63, 3.8) is 0 Å². The molecule has 1 fully saturated rings. The van der Waals surface area contributed by atoms with E-state index in [1.54, 1.807) is 0 Å². The average Bonchev–Trinajstić information content (AvgIpc) is 3.01. The Balaban J connectivity index is 1.72. The Morgan fingerprint density at radius 3 is 2.43 bits per heavy atom. The number of hydrogen-bond donors (Lipinski definition) is 0. The molecule has 0 bridgehead atoms. The Morgan fingerprint density at radius 2 is 1.75 bits per heavy atom. The number of allylic oxidation sites excluding steroid dienone is 1. The van der Waals surface area contributed by atoms with E-state index in [1.807, 2.05) is 69.5 Å². The molecule has 1 aliphatic carbocycles. The van der Waals surface area contributed by atoms with Crippen molar-refractivity contribution in [1.29, 1.82) is 0 Å². The van der Waals surface area contributed by atoms with Gasteiger partial charge in [0.15, 0.2) is 0 Å². The average molecular weight is 395 g/mol. The zero-order valence-electron chi connectivity index (χ0n) is 16.3. The van der Waals surface area contributed by atoms with Gasteiger partial charge in [-0.25, -0.2) is 0 Å². The molecule has 3 nitrogen and oxygen atoms in total. The Bertz CT molecular complexity index is 1040. The number of furan rings is 1. The van der Waals surface area contributed by atoms with Crippen LogP contribution in [0.4, 0.5) is 0 Å². The Hall–Kier alpha value is -2.52. The first-order chi connectivity index (χ1) is 13.3. The third-order valence-corrected chi connectivity index (χ3v) is 5.21. The summed E-state index contributed by atoms with van der Waals surface area (Å²) in [4.78, 5) is 12.4. The van der Waals surface area contributed by atoms with Crippen molar-refractivity contribution in [2.75, 3.05) is 0 Å². The zero-order chi connectivity index (χ0) is 19.9. The minimum atomic E-state index is -0.462. The zero-order valence-corrected chi connectivity index (χ0v) is 17.0. The molecular formula is C24H23ClO3. The first-order valence-electron chi connectivity index (χ1n) is 9.49. The van der Waals surface area contributed by atoms with E-state index in [-0.39, 0.29) is 11.9 Å². The SMILES string of the molecule is CC(C)(C)OC(=O)C1CC(=C(c2ccc(Cl)cc2)c2coc3ccccc23)C1.